The van der Waals surface area contributed by atoms with Crippen LogP contribution >= 0.6 is 0 Å². The highest BCUT2D eigenvalue weighted by Crippen LogP contribution is 2.35. The minimum atomic E-state index is 0.313. The van der Waals surface area contributed by atoms with Crippen molar-refractivity contribution in [3.8, 4) is 0 Å². The van der Waals surface area contributed by atoms with E-state index in [2.05, 4.69) is 57.7 Å². The molecule has 0 aromatic heterocycles. The SMILES string of the molecule is CCCC(=O)N1CCN(c2c(C(C)C)cccc2C(C)C)CC1. The van der Waals surface area contributed by atoms with Crippen LogP contribution in [0.25, 0.3) is 0 Å². The molecule has 0 bridgehead atoms. The van der Waals surface area contributed by atoms with Crippen LogP contribution in [0.5, 0.6) is 0 Å². The maximum Gasteiger partial charge on any atom is 0.222 e. The first kappa shape index (κ1) is 17.8. The Bertz CT molecular complexity index is 502. The Morgan fingerprint density at radius 3 is 1.96 bits per heavy atom. The lowest BCUT2D eigenvalue weighted by Crippen LogP contribution is -2.49. The number of rotatable bonds is 5. The number of hydrogen-bond donors (Lipinski definition) is 0. The second-order valence-electron chi connectivity index (χ2n) is 7.21. The predicted molar refractivity (Wildman–Crippen MR) is 98.3 cm³/mol. The van der Waals surface area contributed by atoms with E-state index in [1.54, 1.807) is 0 Å². The Morgan fingerprint density at radius 1 is 1.00 bits per heavy atom. The zero-order valence-electron chi connectivity index (χ0n) is 15.4. The van der Waals surface area contributed by atoms with Gasteiger partial charge in [-0.3, -0.25) is 4.79 Å². The molecule has 0 saturated carbocycles. The molecular formula is C20H32N2O. The van der Waals surface area contributed by atoms with Crippen molar-refractivity contribution in [1.82, 2.24) is 4.90 Å². The largest absolute Gasteiger partial charge is 0.368 e. The molecule has 3 heteroatoms. The number of anilines is 1. The molecule has 1 saturated heterocycles. The lowest BCUT2D eigenvalue weighted by atomic mass is 9.91. The second-order valence-corrected chi connectivity index (χ2v) is 7.21. The fourth-order valence-electron chi connectivity index (χ4n) is 3.43. The third-order valence-corrected chi connectivity index (χ3v) is 4.75. The Kier molecular flexibility index (Phi) is 6.09. The third kappa shape index (κ3) is 4.07. The second kappa shape index (κ2) is 7.85. The van der Waals surface area contributed by atoms with E-state index in [0.717, 1.165) is 32.6 Å². The molecule has 0 N–H and O–H groups in total. The smallest absolute Gasteiger partial charge is 0.222 e. The van der Waals surface area contributed by atoms with E-state index < -0.39 is 0 Å². The van der Waals surface area contributed by atoms with Crippen molar-refractivity contribution in [3.05, 3.63) is 29.3 Å². The van der Waals surface area contributed by atoms with E-state index in [-0.39, 0.29) is 0 Å². The number of benzene rings is 1. The maximum atomic E-state index is 12.1. The highest BCUT2D eigenvalue weighted by atomic mass is 16.2. The molecule has 23 heavy (non-hydrogen) atoms. The number of carbonyl (C=O) groups excluding carboxylic acids is 1. The number of para-hydroxylation sites is 1. The van der Waals surface area contributed by atoms with Gasteiger partial charge < -0.3 is 9.80 Å². The van der Waals surface area contributed by atoms with Crippen LogP contribution in [-0.4, -0.2) is 37.0 Å². The molecule has 3 nitrogen and oxygen atoms in total. The first-order valence-electron chi connectivity index (χ1n) is 9.11. The molecule has 1 aliphatic heterocycles. The Hall–Kier alpha value is -1.51. The van der Waals surface area contributed by atoms with Gasteiger partial charge in [-0.15, -0.1) is 0 Å². The Morgan fingerprint density at radius 2 is 1.52 bits per heavy atom. The van der Waals surface area contributed by atoms with Crippen LogP contribution in [0.15, 0.2) is 18.2 Å². The summed E-state index contributed by atoms with van der Waals surface area (Å²) in [5.74, 6) is 1.35. The summed E-state index contributed by atoms with van der Waals surface area (Å²) < 4.78 is 0. The monoisotopic (exact) mass is 316 g/mol. The number of hydrogen-bond acceptors (Lipinski definition) is 2. The molecule has 1 fully saturated rings. The molecule has 0 unspecified atom stereocenters. The van der Waals surface area contributed by atoms with E-state index >= 15 is 0 Å². The fourth-order valence-corrected chi connectivity index (χ4v) is 3.43. The van der Waals surface area contributed by atoms with Crippen LogP contribution < -0.4 is 4.90 Å². The summed E-state index contributed by atoms with van der Waals surface area (Å²) in [6.07, 6.45) is 1.62. The van der Waals surface area contributed by atoms with Crippen molar-refractivity contribution in [2.24, 2.45) is 0 Å². The summed E-state index contributed by atoms with van der Waals surface area (Å²) in [5, 5.41) is 0. The normalized spacial score (nSPS) is 15.6. The number of nitrogens with zero attached hydrogens (tertiary/aromatic N) is 2. The molecule has 0 radical (unpaired) electrons. The van der Waals surface area contributed by atoms with Gasteiger partial charge >= 0.3 is 0 Å². The van der Waals surface area contributed by atoms with Gasteiger partial charge in [-0.25, -0.2) is 0 Å². The van der Waals surface area contributed by atoms with Gasteiger partial charge in [-0.2, -0.15) is 0 Å². The molecule has 128 valence electrons. The minimum Gasteiger partial charge on any atom is -0.368 e. The Balaban J connectivity index is 2.21. The molecule has 1 aromatic carbocycles. The van der Waals surface area contributed by atoms with Crippen molar-refractivity contribution in [2.75, 3.05) is 31.1 Å². The van der Waals surface area contributed by atoms with Crippen LogP contribution in [0, 0.1) is 0 Å². The number of amides is 1. The van der Waals surface area contributed by atoms with Crippen LogP contribution in [-0.2, 0) is 4.79 Å². The highest BCUT2D eigenvalue weighted by molar-refractivity contribution is 5.76. The Labute approximate surface area is 141 Å². The predicted octanol–water partition coefficient (Wildman–Crippen LogP) is 4.38. The first-order chi connectivity index (χ1) is 11.0. The lowest BCUT2D eigenvalue weighted by molar-refractivity contribution is -0.131. The molecule has 1 aliphatic rings. The van der Waals surface area contributed by atoms with E-state index in [9.17, 15) is 4.79 Å². The van der Waals surface area contributed by atoms with Crippen molar-refractivity contribution in [3.63, 3.8) is 0 Å². The topological polar surface area (TPSA) is 23.6 Å². The van der Waals surface area contributed by atoms with E-state index in [1.807, 2.05) is 4.90 Å². The van der Waals surface area contributed by atoms with Crippen LogP contribution in [0.4, 0.5) is 5.69 Å². The molecule has 0 atom stereocenters. The summed E-state index contributed by atoms with van der Waals surface area (Å²) in [4.78, 5) is 16.6. The van der Waals surface area contributed by atoms with Gasteiger partial charge in [0.15, 0.2) is 0 Å². The molecule has 0 aliphatic carbocycles. The lowest BCUT2D eigenvalue weighted by Gasteiger charge is -2.39. The van der Waals surface area contributed by atoms with Crippen molar-refractivity contribution < 1.29 is 4.79 Å². The van der Waals surface area contributed by atoms with Gasteiger partial charge in [-0.05, 0) is 29.4 Å². The zero-order chi connectivity index (χ0) is 17.0. The van der Waals surface area contributed by atoms with Gasteiger partial charge in [0.1, 0.15) is 0 Å². The van der Waals surface area contributed by atoms with Crippen LogP contribution in [0.2, 0.25) is 0 Å². The van der Waals surface area contributed by atoms with E-state index in [0.29, 0.717) is 24.2 Å². The fraction of sp³-hybridized carbons (Fsp3) is 0.650. The van der Waals surface area contributed by atoms with Crippen molar-refractivity contribution >= 4 is 11.6 Å². The molecule has 1 aromatic rings. The van der Waals surface area contributed by atoms with Gasteiger partial charge in [0, 0.05) is 38.3 Å². The number of carbonyl (C=O) groups is 1. The summed E-state index contributed by atoms with van der Waals surface area (Å²) in [6.45, 7) is 14.7. The average Bonchev–Trinajstić information content (AvgIpc) is 2.54. The zero-order valence-corrected chi connectivity index (χ0v) is 15.4. The van der Waals surface area contributed by atoms with E-state index in [4.69, 9.17) is 0 Å². The molecule has 1 heterocycles. The number of piperazine rings is 1. The average molecular weight is 316 g/mol. The van der Waals surface area contributed by atoms with Gasteiger partial charge in [0.2, 0.25) is 5.91 Å². The summed E-state index contributed by atoms with van der Waals surface area (Å²) >= 11 is 0. The summed E-state index contributed by atoms with van der Waals surface area (Å²) in [6, 6.07) is 6.72. The van der Waals surface area contributed by atoms with E-state index in [1.165, 1.54) is 16.8 Å². The first-order valence-corrected chi connectivity index (χ1v) is 9.11. The standard InChI is InChI=1S/C20H32N2O/c1-6-8-19(23)21-11-13-22(14-12-21)20-17(15(2)3)9-7-10-18(20)16(4)5/h7,9-10,15-16H,6,8,11-14H2,1-5H3. The van der Waals surface area contributed by atoms with Gasteiger partial charge in [0.25, 0.3) is 0 Å². The molecule has 2 rings (SSSR count). The quantitative estimate of drug-likeness (QED) is 0.804. The molecule has 1 amide bonds. The summed E-state index contributed by atoms with van der Waals surface area (Å²) in [7, 11) is 0. The van der Waals surface area contributed by atoms with Crippen molar-refractivity contribution in [2.45, 2.75) is 59.3 Å². The van der Waals surface area contributed by atoms with Crippen LogP contribution in [0.3, 0.4) is 0 Å². The maximum absolute atomic E-state index is 12.1. The van der Waals surface area contributed by atoms with Gasteiger partial charge in [0.05, 0.1) is 0 Å². The van der Waals surface area contributed by atoms with Crippen LogP contribution in [0.1, 0.15) is 70.4 Å². The highest BCUT2D eigenvalue weighted by Gasteiger charge is 2.25. The molecular weight excluding hydrogens is 284 g/mol. The van der Waals surface area contributed by atoms with Crippen molar-refractivity contribution in [1.29, 1.82) is 0 Å². The van der Waals surface area contributed by atoms with Gasteiger partial charge in [-0.1, -0.05) is 52.8 Å². The minimum absolute atomic E-state index is 0.313. The third-order valence-electron chi connectivity index (χ3n) is 4.75. The molecule has 0 spiro atoms. The summed E-state index contributed by atoms with van der Waals surface area (Å²) in [5.41, 5.74) is 4.29.